The van der Waals surface area contributed by atoms with Crippen LogP contribution in [0, 0.1) is 11.8 Å². The van der Waals surface area contributed by atoms with Gasteiger partial charge in [-0.1, -0.05) is 31.9 Å². The molecule has 1 heterocycles. The second kappa shape index (κ2) is 9.64. The lowest BCUT2D eigenvalue weighted by atomic mass is 10.2. The van der Waals surface area contributed by atoms with Gasteiger partial charge in [-0.25, -0.2) is 4.98 Å². The number of allylic oxidation sites excluding steroid dienone is 2. The zero-order valence-corrected chi connectivity index (χ0v) is 15.5. The van der Waals surface area contributed by atoms with Crippen molar-refractivity contribution in [2.24, 2.45) is 4.99 Å². The van der Waals surface area contributed by atoms with Crippen molar-refractivity contribution in [2.75, 3.05) is 0 Å². The highest BCUT2D eigenvalue weighted by Gasteiger charge is 2.16. The minimum absolute atomic E-state index is 0.221. The molecule has 1 unspecified atom stereocenters. The van der Waals surface area contributed by atoms with Crippen LogP contribution in [0.3, 0.4) is 0 Å². The molecule has 24 heavy (non-hydrogen) atoms. The molecule has 1 rings (SSSR count). The molecular weight excluding hydrogens is 318 g/mol. The van der Waals surface area contributed by atoms with E-state index < -0.39 is 0 Å². The minimum atomic E-state index is -0.285. The standard InChI is InChI=1S/C19H23N3OS/c1-7-9-10-14(5)11-16(20-8-2)18(23)22-15(6)19-21-12-17(24-19)13(3)4/h8,11-12,15H,2-3,7H2,1,4-6H3,(H,22,23)/b14-11+,20-16+. The Labute approximate surface area is 148 Å². The average molecular weight is 341 g/mol. The lowest BCUT2D eigenvalue weighted by Crippen LogP contribution is -2.32. The summed E-state index contributed by atoms with van der Waals surface area (Å²) >= 11 is 1.52. The first-order valence-electron chi connectivity index (χ1n) is 7.67. The van der Waals surface area contributed by atoms with Gasteiger partial charge in [0.05, 0.1) is 6.04 Å². The Balaban J connectivity index is 2.90. The Morgan fingerprint density at radius 2 is 2.25 bits per heavy atom. The summed E-state index contributed by atoms with van der Waals surface area (Å²) in [6, 6.07) is -0.221. The minimum Gasteiger partial charge on any atom is -0.342 e. The van der Waals surface area contributed by atoms with Gasteiger partial charge in [-0.3, -0.25) is 9.79 Å². The van der Waals surface area contributed by atoms with Crippen molar-refractivity contribution in [1.29, 1.82) is 0 Å². The molecule has 1 aromatic heterocycles. The third-order valence-corrected chi connectivity index (χ3v) is 4.28. The molecule has 0 aliphatic rings. The molecule has 0 spiro atoms. The zero-order valence-electron chi connectivity index (χ0n) is 14.6. The van der Waals surface area contributed by atoms with Gasteiger partial charge in [-0.15, -0.1) is 11.3 Å². The highest BCUT2D eigenvalue weighted by molar-refractivity contribution is 7.12. The van der Waals surface area contributed by atoms with Gasteiger partial charge in [0.15, 0.2) is 0 Å². The molecular formula is C19H23N3OS. The number of aromatic nitrogens is 1. The fraction of sp³-hybridized carbons (Fsp3) is 0.316. The van der Waals surface area contributed by atoms with E-state index in [1.54, 1.807) is 12.3 Å². The van der Waals surface area contributed by atoms with E-state index in [1.807, 2.05) is 27.7 Å². The molecule has 0 aliphatic carbocycles. The van der Waals surface area contributed by atoms with E-state index >= 15 is 0 Å². The SMILES string of the molecule is C=C/N=C(\C=C(/C)C#CCC)C(=O)NC(C)c1ncc(C(=C)C)s1. The average Bonchev–Trinajstić information content (AvgIpc) is 3.02. The summed E-state index contributed by atoms with van der Waals surface area (Å²) in [7, 11) is 0. The molecule has 1 amide bonds. The number of aliphatic imine (C=N–C) groups is 1. The van der Waals surface area contributed by atoms with Crippen molar-refractivity contribution in [1.82, 2.24) is 10.3 Å². The predicted molar refractivity (Wildman–Crippen MR) is 103 cm³/mol. The topological polar surface area (TPSA) is 54.4 Å². The second-order valence-electron chi connectivity index (χ2n) is 5.22. The summed E-state index contributed by atoms with van der Waals surface area (Å²) in [5.74, 6) is 5.65. The van der Waals surface area contributed by atoms with Crippen molar-refractivity contribution < 1.29 is 4.79 Å². The van der Waals surface area contributed by atoms with Crippen molar-refractivity contribution >= 4 is 28.5 Å². The molecule has 0 bridgehead atoms. The molecule has 1 N–H and O–H groups in total. The number of hydrogen-bond acceptors (Lipinski definition) is 4. The summed E-state index contributed by atoms with van der Waals surface area (Å²) in [6.07, 6.45) is 5.54. The van der Waals surface area contributed by atoms with Gasteiger partial charge in [0, 0.05) is 29.3 Å². The Morgan fingerprint density at radius 1 is 1.54 bits per heavy atom. The van der Waals surface area contributed by atoms with Crippen LogP contribution in [0.2, 0.25) is 0 Å². The number of thiazole rings is 1. The number of amides is 1. The first kappa shape index (κ1) is 19.6. The van der Waals surface area contributed by atoms with Gasteiger partial charge in [0.2, 0.25) is 0 Å². The summed E-state index contributed by atoms with van der Waals surface area (Å²) < 4.78 is 0. The smallest absolute Gasteiger partial charge is 0.270 e. The largest absolute Gasteiger partial charge is 0.342 e. The first-order valence-corrected chi connectivity index (χ1v) is 8.49. The third-order valence-electron chi connectivity index (χ3n) is 2.94. The molecule has 0 saturated heterocycles. The first-order chi connectivity index (χ1) is 11.4. The van der Waals surface area contributed by atoms with Gasteiger partial charge >= 0.3 is 0 Å². The number of nitrogens with zero attached hydrogens (tertiary/aromatic N) is 2. The van der Waals surface area contributed by atoms with E-state index in [0.717, 1.165) is 27.5 Å². The monoisotopic (exact) mass is 341 g/mol. The predicted octanol–water partition coefficient (Wildman–Crippen LogP) is 4.30. The Kier molecular flexibility index (Phi) is 7.87. The van der Waals surface area contributed by atoms with Crippen LogP contribution < -0.4 is 5.32 Å². The number of nitrogens with one attached hydrogen (secondary N) is 1. The van der Waals surface area contributed by atoms with Gasteiger partial charge in [0.1, 0.15) is 10.7 Å². The molecule has 4 nitrogen and oxygen atoms in total. The van der Waals surface area contributed by atoms with Crippen LogP contribution in [0.4, 0.5) is 0 Å². The summed E-state index contributed by atoms with van der Waals surface area (Å²) in [5.41, 5.74) is 2.01. The summed E-state index contributed by atoms with van der Waals surface area (Å²) in [6.45, 7) is 15.1. The highest BCUT2D eigenvalue weighted by atomic mass is 32.1. The normalized spacial score (nSPS) is 12.8. The van der Waals surface area contributed by atoms with Crippen molar-refractivity contribution in [3.63, 3.8) is 0 Å². The number of rotatable bonds is 6. The van der Waals surface area contributed by atoms with E-state index in [9.17, 15) is 4.79 Å². The van der Waals surface area contributed by atoms with Gasteiger partial charge < -0.3 is 5.32 Å². The van der Waals surface area contributed by atoms with E-state index in [4.69, 9.17) is 0 Å². The van der Waals surface area contributed by atoms with Crippen LogP contribution in [0.1, 0.15) is 50.0 Å². The molecule has 0 aromatic carbocycles. The maximum absolute atomic E-state index is 12.4. The van der Waals surface area contributed by atoms with Crippen LogP contribution in [0.25, 0.3) is 5.57 Å². The van der Waals surface area contributed by atoms with Crippen LogP contribution in [-0.4, -0.2) is 16.6 Å². The molecule has 0 aliphatic heterocycles. The summed E-state index contributed by atoms with van der Waals surface area (Å²) in [4.78, 5) is 21.8. The molecule has 5 heteroatoms. The molecule has 126 valence electrons. The van der Waals surface area contributed by atoms with E-state index in [2.05, 4.69) is 40.3 Å². The van der Waals surface area contributed by atoms with E-state index in [0.29, 0.717) is 0 Å². The molecule has 0 radical (unpaired) electrons. The van der Waals surface area contributed by atoms with E-state index in [-0.39, 0.29) is 17.7 Å². The fourth-order valence-corrected chi connectivity index (χ4v) is 2.59. The molecule has 1 atom stereocenters. The number of hydrogen-bond donors (Lipinski definition) is 1. The summed E-state index contributed by atoms with van der Waals surface area (Å²) in [5, 5.41) is 3.73. The third kappa shape index (κ3) is 5.98. The highest BCUT2D eigenvalue weighted by Crippen LogP contribution is 2.24. The van der Waals surface area contributed by atoms with Crippen LogP contribution in [0.15, 0.2) is 42.2 Å². The second-order valence-corrected chi connectivity index (χ2v) is 6.28. The molecule has 1 aromatic rings. The zero-order chi connectivity index (χ0) is 18.1. The van der Waals surface area contributed by atoms with Crippen molar-refractivity contribution in [2.45, 2.75) is 40.2 Å². The number of carbonyl (C=O) groups excluding carboxylic acids is 1. The maximum Gasteiger partial charge on any atom is 0.270 e. The quantitative estimate of drug-likeness (QED) is 0.619. The Hall–Kier alpha value is -2.45. The molecule has 0 fully saturated rings. The van der Waals surface area contributed by atoms with Gasteiger partial charge in [0.25, 0.3) is 5.91 Å². The molecule has 0 saturated carbocycles. The lowest BCUT2D eigenvalue weighted by molar-refractivity contribution is -0.115. The van der Waals surface area contributed by atoms with Gasteiger partial charge in [-0.05, 0) is 32.4 Å². The van der Waals surface area contributed by atoms with E-state index in [1.165, 1.54) is 17.5 Å². The van der Waals surface area contributed by atoms with Crippen LogP contribution in [0.5, 0.6) is 0 Å². The van der Waals surface area contributed by atoms with Crippen molar-refractivity contribution in [3.05, 3.63) is 47.1 Å². The number of carbonyl (C=O) groups is 1. The van der Waals surface area contributed by atoms with Crippen molar-refractivity contribution in [3.8, 4) is 11.8 Å². The maximum atomic E-state index is 12.4. The lowest BCUT2D eigenvalue weighted by Gasteiger charge is -2.11. The van der Waals surface area contributed by atoms with Crippen LogP contribution >= 0.6 is 11.3 Å². The van der Waals surface area contributed by atoms with Gasteiger partial charge in [-0.2, -0.15) is 0 Å². The Morgan fingerprint density at radius 3 is 2.79 bits per heavy atom. The Bertz CT molecular complexity index is 744. The fourth-order valence-electron chi connectivity index (χ4n) is 1.75. The van der Waals surface area contributed by atoms with Crippen LogP contribution in [-0.2, 0) is 4.79 Å².